The van der Waals surface area contributed by atoms with Crippen molar-refractivity contribution in [2.75, 3.05) is 6.61 Å². The summed E-state index contributed by atoms with van der Waals surface area (Å²) >= 11 is 0. The summed E-state index contributed by atoms with van der Waals surface area (Å²) in [6.45, 7) is 2.43. The van der Waals surface area contributed by atoms with Crippen LogP contribution in [0.1, 0.15) is 6.92 Å². The van der Waals surface area contributed by atoms with E-state index in [-0.39, 0.29) is 16.6 Å². The van der Waals surface area contributed by atoms with Gasteiger partial charge in [-0.15, -0.1) is 0 Å². The number of phenols is 1. The lowest BCUT2D eigenvalue weighted by molar-refractivity contribution is 0.340. The van der Waals surface area contributed by atoms with E-state index in [0.29, 0.717) is 28.9 Å². The van der Waals surface area contributed by atoms with Gasteiger partial charge < -0.3 is 14.3 Å². The molecule has 3 aromatic rings. The highest BCUT2D eigenvalue weighted by Crippen LogP contribution is 2.26. The molecule has 1 heterocycles. The third kappa shape index (κ3) is 1.81. The maximum Gasteiger partial charge on any atom is 0.204 e. The second kappa shape index (κ2) is 4.31. The number of fused-ring (bicyclic) bond motifs is 2. The molecule has 1 aromatic heterocycles. The van der Waals surface area contributed by atoms with Crippen LogP contribution < -0.4 is 10.2 Å². The van der Waals surface area contributed by atoms with E-state index in [9.17, 15) is 9.90 Å². The molecule has 0 aliphatic rings. The van der Waals surface area contributed by atoms with Crippen molar-refractivity contribution in [1.82, 2.24) is 0 Å². The molecule has 0 aliphatic heterocycles. The summed E-state index contributed by atoms with van der Waals surface area (Å²) in [4.78, 5) is 12.3. The van der Waals surface area contributed by atoms with Gasteiger partial charge in [-0.2, -0.15) is 0 Å². The number of rotatable bonds is 2. The molecule has 19 heavy (non-hydrogen) atoms. The monoisotopic (exact) mass is 256 g/mol. The van der Waals surface area contributed by atoms with Gasteiger partial charge in [0, 0.05) is 6.07 Å². The first-order valence-electron chi connectivity index (χ1n) is 6.02. The van der Waals surface area contributed by atoms with E-state index in [1.54, 1.807) is 30.3 Å². The van der Waals surface area contributed by atoms with Crippen LogP contribution in [0.3, 0.4) is 0 Å². The molecule has 0 saturated heterocycles. The predicted octanol–water partition coefficient (Wildman–Crippen LogP) is 3.05. The zero-order valence-electron chi connectivity index (χ0n) is 10.3. The van der Waals surface area contributed by atoms with Crippen molar-refractivity contribution >= 4 is 21.9 Å². The number of ether oxygens (including phenoxy) is 1. The zero-order valence-corrected chi connectivity index (χ0v) is 10.3. The first-order chi connectivity index (χ1) is 9.20. The van der Waals surface area contributed by atoms with Gasteiger partial charge in [-0.05, 0) is 31.2 Å². The smallest absolute Gasteiger partial charge is 0.204 e. The van der Waals surface area contributed by atoms with Crippen LogP contribution in [0.5, 0.6) is 11.5 Å². The van der Waals surface area contributed by atoms with Crippen LogP contribution in [0.4, 0.5) is 0 Å². The summed E-state index contributed by atoms with van der Waals surface area (Å²) in [5, 5.41) is 10.4. The van der Waals surface area contributed by atoms with E-state index in [4.69, 9.17) is 9.15 Å². The number of hydrogen-bond donors (Lipinski definition) is 1. The minimum atomic E-state index is -0.239. The number of phenolic OH excluding ortho intramolecular Hbond substituents is 1. The van der Waals surface area contributed by atoms with E-state index < -0.39 is 0 Å². The Kier molecular flexibility index (Phi) is 2.63. The lowest BCUT2D eigenvalue weighted by Crippen LogP contribution is -2.02. The van der Waals surface area contributed by atoms with Crippen LogP contribution in [0.2, 0.25) is 0 Å². The largest absolute Gasteiger partial charge is 0.507 e. The molecule has 4 heteroatoms. The van der Waals surface area contributed by atoms with Gasteiger partial charge in [0.25, 0.3) is 0 Å². The Hall–Kier alpha value is -2.49. The summed E-state index contributed by atoms with van der Waals surface area (Å²) in [6.07, 6.45) is 0. The zero-order chi connectivity index (χ0) is 13.4. The third-order valence-corrected chi connectivity index (χ3v) is 2.96. The van der Waals surface area contributed by atoms with Gasteiger partial charge in [-0.3, -0.25) is 4.79 Å². The van der Waals surface area contributed by atoms with Crippen LogP contribution in [-0.4, -0.2) is 11.7 Å². The van der Waals surface area contributed by atoms with Crippen molar-refractivity contribution in [3.63, 3.8) is 0 Å². The Morgan fingerprint density at radius 2 is 2.05 bits per heavy atom. The topological polar surface area (TPSA) is 59.7 Å². The van der Waals surface area contributed by atoms with E-state index in [1.807, 2.05) is 6.92 Å². The lowest BCUT2D eigenvalue weighted by atomic mass is 10.1. The average molecular weight is 256 g/mol. The molecule has 0 fully saturated rings. The van der Waals surface area contributed by atoms with Gasteiger partial charge in [-0.1, -0.05) is 6.07 Å². The SMILES string of the molecule is CCOc1ccc2c(=O)c3c(O)cccc3oc2c1. The molecule has 0 saturated carbocycles. The fourth-order valence-corrected chi connectivity index (χ4v) is 2.12. The summed E-state index contributed by atoms with van der Waals surface area (Å²) in [6, 6.07) is 9.82. The highest BCUT2D eigenvalue weighted by atomic mass is 16.5. The molecule has 0 radical (unpaired) electrons. The van der Waals surface area contributed by atoms with Crippen molar-refractivity contribution in [3.05, 3.63) is 46.6 Å². The molecular formula is C15H12O4. The van der Waals surface area contributed by atoms with Gasteiger partial charge in [0.2, 0.25) is 5.43 Å². The molecule has 0 aliphatic carbocycles. The number of benzene rings is 2. The highest BCUT2D eigenvalue weighted by Gasteiger charge is 2.11. The molecule has 2 aromatic carbocycles. The van der Waals surface area contributed by atoms with Crippen molar-refractivity contribution in [2.45, 2.75) is 6.92 Å². The summed E-state index contributed by atoms with van der Waals surface area (Å²) in [5.41, 5.74) is 0.581. The predicted molar refractivity (Wildman–Crippen MR) is 72.8 cm³/mol. The minimum Gasteiger partial charge on any atom is -0.507 e. The lowest BCUT2D eigenvalue weighted by Gasteiger charge is -2.05. The minimum absolute atomic E-state index is 0.0676. The number of hydrogen-bond acceptors (Lipinski definition) is 4. The van der Waals surface area contributed by atoms with Crippen LogP contribution in [0.15, 0.2) is 45.6 Å². The molecular weight excluding hydrogens is 244 g/mol. The Morgan fingerprint density at radius 1 is 1.21 bits per heavy atom. The maximum atomic E-state index is 12.3. The average Bonchev–Trinajstić information content (AvgIpc) is 2.39. The highest BCUT2D eigenvalue weighted by molar-refractivity contribution is 5.93. The third-order valence-electron chi connectivity index (χ3n) is 2.96. The van der Waals surface area contributed by atoms with Crippen LogP contribution in [-0.2, 0) is 0 Å². The van der Waals surface area contributed by atoms with Crippen LogP contribution in [0, 0.1) is 0 Å². The maximum absolute atomic E-state index is 12.3. The fourth-order valence-electron chi connectivity index (χ4n) is 2.12. The van der Waals surface area contributed by atoms with Gasteiger partial charge in [0.15, 0.2) is 0 Å². The number of aromatic hydroxyl groups is 1. The van der Waals surface area contributed by atoms with Crippen molar-refractivity contribution < 1.29 is 14.3 Å². The first-order valence-corrected chi connectivity index (χ1v) is 6.02. The molecule has 0 bridgehead atoms. The van der Waals surface area contributed by atoms with Gasteiger partial charge >= 0.3 is 0 Å². The van der Waals surface area contributed by atoms with E-state index in [0.717, 1.165) is 0 Å². The quantitative estimate of drug-likeness (QED) is 0.716. The molecule has 4 nitrogen and oxygen atoms in total. The van der Waals surface area contributed by atoms with Gasteiger partial charge in [0.05, 0.1) is 12.0 Å². The Morgan fingerprint density at radius 3 is 2.84 bits per heavy atom. The van der Waals surface area contributed by atoms with Crippen LogP contribution in [0.25, 0.3) is 21.9 Å². The van der Waals surface area contributed by atoms with E-state index in [1.165, 1.54) is 6.07 Å². The Labute approximate surface area is 108 Å². The molecule has 0 atom stereocenters. The Bertz CT molecular complexity index is 817. The van der Waals surface area contributed by atoms with Crippen molar-refractivity contribution in [1.29, 1.82) is 0 Å². The Balaban J connectivity index is 2.40. The van der Waals surface area contributed by atoms with E-state index in [2.05, 4.69) is 0 Å². The summed E-state index contributed by atoms with van der Waals surface area (Å²) < 4.78 is 11.0. The molecule has 0 spiro atoms. The molecule has 3 rings (SSSR count). The molecule has 96 valence electrons. The molecule has 0 amide bonds. The van der Waals surface area contributed by atoms with Crippen molar-refractivity contribution in [3.8, 4) is 11.5 Å². The van der Waals surface area contributed by atoms with Gasteiger partial charge in [0.1, 0.15) is 28.1 Å². The second-order valence-corrected chi connectivity index (χ2v) is 4.17. The summed E-state index contributed by atoms with van der Waals surface area (Å²) in [7, 11) is 0. The van der Waals surface area contributed by atoms with Crippen molar-refractivity contribution in [2.24, 2.45) is 0 Å². The summed E-state index contributed by atoms with van der Waals surface area (Å²) in [5.74, 6) is 0.583. The van der Waals surface area contributed by atoms with E-state index >= 15 is 0 Å². The molecule has 0 unspecified atom stereocenters. The molecule has 1 N–H and O–H groups in total. The normalized spacial score (nSPS) is 11.0. The second-order valence-electron chi connectivity index (χ2n) is 4.17. The standard InChI is InChI=1S/C15H12O4/c1-2-18-9-6-7-10-13(8-9)19-12-5-3-4-11(16)14(12)15(10)17/h3-8,16H,2H2,1H3. The van der Waals surface area contributed by atoms with Gasteiger partial charge in [-0.25, -0.2) is 0 Å². The first kappa shape index (κ1) is 11.6. The fraction of sp³-hybridized carbons (Fsp3) is 0.133. The van der Waals surface area contributed by atoms with Crippen LogP contribution >= 0.6 is 0 Å².